The van der Waals surface area contributed by atoms with E-state index in [4.69, 9.17) is 4.74 Å². The van der Waals surface area contributed by atoms with E-state index in [1.807, 2.05) is 0 Å². The zero-order valence-corrected chi connectivity index (χ0v) is 16.3. The standard InChI is InChI=1S/C21H32N2O4/c1-13(19(25)23-17-4-2-3-5-17)27-18(24)12-22-20(26)21-9-14-6-15(10-21)8-16(7-14)11-21/h13-17H,2-12H2,1H3,(H,22,26)(H,23,25). The third-order valence-electron chi connectivity index (χ3n) is 7.29. The molecule has 0 spiro atoms. The Balaban J connectivity index is 1.23. The van der Waals surface area contributed by atoms with Crippen molar-refractivity contribution in [3.8, 4) is 0 Å². The Morgan fingerprint density at radius 2 is 1.56 bits per heavy atom. The summed E-state index contributed by atoms with van der Waals surface area (Å²) in [5, 5.41) is 5.75. The second kappa shape index (κ2) is 7.44. The zero-order chi connectivity index (χ0) is 19.0. The van der Waals surface area contributed by atoms with Gasteiger partial charge in [-0.2, -0.15) is 0 Å². The molecule has 0 saturated heterocycles. The molecular formula is C21H32N2O4. The summed E-state index contributed by atoms with van der Waals surface area (Å²) in [5.74, 6) is 1.29. The number of carbonyl (C=O) groups excluding carboxylic acids is 3. The van der Waals surface area contributed by atoms with Crippen LogP contribution in [0.4, 0.5) is 0 Å². The van der Waals surface area contributed by atoms with Crippen LogP contribution in [-0.4, -0.2) is 36.5 Å². The quantitative estimate of drug-likeness (QED) is 0.697. The van der Waals surface area contributed by atoms with E-state index in [9.17, 15) is 14.4 Å². The number of nitrogens with one attached hydrogen (secondary N) is 2. The lowest BCUT2D eigenvalue weighted by Gasteiger charge is -2.55. The van der Waals surface area contributed by atoms with Crippen molar-refractivity contribution in [2.24, 2.45) is 23.2 Å². The number of hydrogen-bond acceptors (Lipinski definition) is 4. The van der Waals surface area contributed by atoms with E-state index < -0.39 is 12.1 Å². The van der Waals surface area contributed by atoms with E-state index in [1.54, 1.807) is 6.92 Å². The van der Waals surface area contributed by atoms with Gasteiger partial charge in [-0.15, -0.1) is 0 Å². The van der Waals surface area contributed by atoms with Crippen LogP contribution < -0.4 is 10.6 Å². The largest absolute Gasteiger partial charge is 0.451 e. The number of rotatable bonds is 6. The van der Waals surface area contributed by atoms with Crippen molar-refractivity contribution in [1.29, 1.82) is 0 Å². The number of esters is 1. The van der Waals surface area contributed by atoms with Crippen molar-refractivity contribution in [1.82, 2.24) is 10.6 Å². The van der Waals surface area contributed by atoms with Gasteiger partial charge in [-0.05, 0) is 76.0 Å². The maximum Gasteiger partial charge on any atom is 0.326 e. The van der Waals surface area contributed by atoms with Gasteiger partial charge >= 0.3 is 5.97 Å². The normalized spacial score (nSPS) is 35.7. The van der Waals surface area contributed by atoms with Crippen LogP contribution in [0.2, 0.25) is 0 Å². The van der Waals surface area contributed by atoms with Crippen molar-refractivity contribution >= 4 is 17.8 Å². The fourth-order valence-corrected chi connectivity index (χ4v) is 6.41. The maximum atomic E-state index is 12.9. The molecule has 2 amide bonds. The lowest BCUT2D eigenvalue weighted by Crippen LogP contribution is -2.54. The highest BCUT2D eigenvalue weighted by molar-refractivity contribution is 5.88. The van der Waals surface area contributed by atoms with Gasteiger partial charge in [0, 0.05) is 11.5 Å². The summed E-state index contributed by atoms with van der Waals surface area (Å²) >= 11 is 0. The molecule has 0 aromatic heterocycles. The summed E-state index contributed by atoms with van der Waals surface area (Å²) in [6.07, 6.45) is 10.2. The first-order valence-electron chi connectivity index (χ1n) is 10.7. The number of amides is 2. The highest BCUT2D eigenvalue weighted by atomic mass is 16.5. The third-order valence-corrected chi connectivity index (χ3v) is 7.29. The zero-order valence-electron chi connectivity index (χ0n) is 16.3. The van der Waals surface area contributed by atoms with Gasteiger partial charge in [0.2, 0.25) is 5.91 Å². The van der Waals surface area contributed by atoms with Gasteiger partial charge in [0.15, 0.2) is 6.10 Å². The second-order valence-electron chi connectivity index (χ2n) is 9.50. The minimum atomic E-state index is -0.824. The lowest BCUT2D eigenvalue weighted by molar-refractivity contribution is -0.156. The molecule has 150 valence electrons. The van der Waals surface area contributed by atoms with E-state index in [1.165, 1.54) is 19.3 Å². The van der Waals surface area contributed by atoms with Crippen LogP contribution in [0.15, 0.2) is 0 Å². The smallest absolute Gasteiger partial charge is 0.326 e. The SMILES string of the molecule is CC(OC(=O)CNC(=O)C12CC3CC(CC(C3)C1)C2)C(=O)NC1CCCC1. The first-order valence-corrected chi connectivity index (χ1v) is 10.7. The molecule has 0 aromatic carbocycles. The van der Waals surface area contributed by atoms with Crippen molar-refractivity contribution in [2.45, 2.75) is 83.3 Å². The average Bonchev–Trinajstić information content (AvgIpc) is 3.11. The van der Waals surface area contributed by atoms with Crippen LogP contribution in [0, 0.1) is 23.2 Å². The van der Waals surface area contributed by atoms with E-state index >= 15 is 0 Å². The molecule has 0 aliphatic heterocycles. The predicted molar refractivity (Wildman–Crippen MR) is 99.6 cm³/mol. The minimum Gasteiger partial charge on any atom is -0.451 e. The van der Waals surface area contributed by atoms with Crippen LogP contribution in [0.5, 0.6) is 0 Å². The highest BCUT2D eigenvalue weighted by Gasteiger charge is 2.54. The molecule has 1 unspecified atom stereocenters. The fourth-order valence-electron chi connectivity index (χ4n) is 6.41. The number of ether oxygens (including phenoxy) is 1. The molecule has 0 aromatic rings. The summed E-state index contributed by atoms with van der Waals surface area (Å²) in [6, 6.07) is 0.203. The summed E-state index contributed by atoms with van der Waals surface area (Å²) in [4.78, 5) is 37.1. The average molecular weight is 376 g/mol. The van der Waals surface area contributed by atoms with Crippen molar-refractivity contribution in [2.75, 3.05) is 6.54 Å². The van der Waals surface area contributed by atoms with Gasteiger partial charge in [0.1, 0.15) is 6.54 Å². The molecule has 6 heteroatoms. The van der Waals surface area contributed by atoms with E-state index in [0.29, 0.717) is 17.8 Å². The van der Waals surface area contributed by atoms with Gasteiger partial charge in [-0.1, -0.05) is 12.8 Å². The Labute approximate surface area is 161 Å². The van der Waals surface area contributed by atoms with Crippen LogP contribution in [0.1, 0.15) is 71.1 Å². The van der Waals surface area contributed by atoms with E-state index in [0.717, 1.165) is 44.9 Å². The van der Waals surface area contributed by atoms with Crippen molar-refractivity contribution in [3.63, 3.8) is 0 Å². The lowest BCUT2D eigenvalue weighted by atomic mass is 9.49. The van der Waals surface area contributed by atoms with Crippen molar-refractivity contribution in [3.05, 3.63) is 0 Å². The Morgan fingerprint density at radius 1 is 1.00 bits per heavy atom. The van der Waals surface area contributed by atoms with Gasteiger partial charge in [-0.25, -0.2) is 0 Å². The summed E-state index contributed by atoms with van der Waals surface area (Å²) in [5.41, 5.74) is -0.263. The monoisotopic (exact) mass is 376 g/mol. The van der Waals surface area contributed by atoms with Gasteiger partial charge in [-0.3, -0.25) is 14.4 Å². The minimum absolute atomic E-state index is 0.0154. The molecule has 0 radical (unpaired) electrons. The van der Waals surface area contributed by atoms with Gasteiger partial charge in [0.25, 0.3) is 5.91 Å². The van der Waals surface area contributed by atoms with Crippen LogP contribution in [-0.2, 0) is 19.1 Å². The molecule has 27 heavy (non-hydrogen) atoms. The molecule has 4 bridgehead atoms. The van der Waals surface area contributed by atoms with Crippen LogP contribution >= 0.6 is 0 Å². The third kappa shape index (κ3) is 3.99. The molecule has 5 rings (SSSR count). The maximum absolute atomic E-state index is 12.9. The molecule has 5 aliphatic rings. The Morgan fingerprint density at radius 3 is 2.11 bits per heavy atom. The first-order chi connectivity index (χ1) is 12.9. The highest BCUT2D eigenvalue weighted by Crippen LogP contribution is 2.60. The topological polar surface area (TPSA) is 84.5 Å². The van der Waals surface area contributed by atoms with Crippen LogP contribution in [0.25, 0.3) is 0 Å². The molecule has 2 N–H and O–H groups in total. The van der Waals surface area contributed by atoms with Gasteiger partial charge < -0.3 is 15.4 Å². The van der Waals surface area contributed by atoms with E-state index in [2.05, 4.69) is 10.6 Å². The summed E-state index contributed by atoms with van der Waals surface area (Å²) in [7, 11) is 0. The molecule has 5 aliphatic carbocycles. The Kier molecular flexibility index (Phi) is 5.17. The Hall–Kier alpha value is -1.59. The van der Waals surface area contributed by atoms with Gasteiger partial charge in [0.05, 0.1) is 0 Å². The molecule has 1 atom stereocenters. The van der Waals surface area contributed by atoms with E-state index in [-0.39, 0.29) is 29.8 Å². The molecule has 5 saturated carbocycles. The molecular weight excluding hydrogens is 344 g/mol. The fraction of sp³-hybridized carbons (Fsp3) is 0.857. The summed E-state index contributed by atoms with van der Waals surface area (Å²) < 4.78 is 5.23. The first kappa shape index (κ1) is 18.8. The predicted octanol–water partition coefficient (Wildman–Crippen LogP) is 2.31. The van der Waals surface area contributed by atoms with Crippen LogP contribution in [0.3, 0.4) is 0 Å². The Bertz CT molecular complexity index is 576. The second-order valence-corrected chi connectivity index (χ2v) is 9.50. The summed E-state index contributed by atoms with van der Waals surface area (Å²) in [6.45, 7) is 1.44. The van der Waals surface area contributed by atoms with Crippen molar-refractivity contribution < 1.29 is 19.1 Å². The molecule has 6 nitrogen and oxygen atoms in total. The number of hydrogen-bond donors (Lipinski definition) is 2. The molecule has 5 fully saturated rings. The number of carbonyl (C=O) groups is 3. The molecule has 0 heterocycles.